The Balaban J connectivity index is 2.54. The van der Waals surface area contributed by atoms with Crippen LogP contribution in [-0.4, -0.2) is 38.2 Å². The Bertz CT molecular complexity index is 506. The third-order valence-electron chi connectivity index (χ3n) is 2.42. The molecule has 0 aliphatic heterocycles. The number of aliphatic hydroxyl groups excluding tert-OH is 1. The van der Waals surface area contributed by atoms with Gasteiger partial charge < -0.3 is 5.11 Å². The maximum atomic E-state index is 13.1. The molecule has 19 heavy (non-hydrogen) atoms. The van der Waals surface area contributed by atoms with E-state index >= 15 is 0 Å². The van der Waals surface area contributed by atoms with Gasteiger partial charge in [0.1, 0.15) is 5.82 Å². The van der Waals surface area contributed by atoms with Crippen molar-refractivity contribution in [2.45, 2.75) is 18.2 Å². The molecular formula is C12H18FNO3S2. The van der Waals surface area contributed by atoms with Gasteiger partial charge in [-0.2, -0.15) is 11.8 Å². The van der Waals surface area contributed by atoms with E-state index in [4.69, 9.17) is 5.11 Å². The van der Waals surface area contributed by atoms with Gasteiger partial charge in [-0.25, -0.2) is 17.5 Å². The van der Waals surface area contributed by atoms with E-state index in [0.717, 1.165) is 11.8 Å². The summed E-state index contributed by atoms with van der Waals surface area (Å²) in [4.78, 5) is -0.0205. The molecule has 1 rings (SSSR count). The Morgan fingerprint density at radius 2 is 2.11 bits per heavy atom. The number of halogens is 1. The van der Waals surface area contributed by atoms with Crippen molar-refractivity contribution >= 4 is 21.8 Å². The number of rotatable bonds is 8. The molecule has 0 spiro atoms. The molecule has 108 valence electrons. The molecule has 1 aromatic rings. The molecule has 0 saturated carbocycles. The Morgan fingerprint density at radius 3 is 2.79 bits per heavy atom. The minimum absolute atomic E-state index is 0.0205. The minimum atomic E-state index is -3.66. The molecule has 4 nitrogen and oxygen atoms in total. The van der Waals surface area contributed by atoms with E-state index in [0.29, 0.717) is 17.7 Å². The molecule has 0 bridgehead atoms. The van der Waals surface area contributed by atoms with E-state index < -0.39 is 15.8 Å². The van der Waals surface area contributed by atoms with E-state index in [2.05, 4.69) is 4.72 Å². The third-order valence-corrected chi connectivity index (χ3v) is 5.10. The van der Waals surface area contributed by atoms with Crippen molar-refractivity contribution in [2.24, 2.45) is 0 Å². The third kappa shape index (κ3) is 5.48. The maximum absolute atomic E-state index is 13.1. The number of hydrogen-bond donors (Lipinski definition) is 2. The van der Waals surface area contributed by atoms with Crippen LogP contribution in [0.3, 0.4) is 0 Å². The molecule has 0 aliphatic carbocycles. The number of aliphatic hydroxyl groups is 1. The number of thioether (sulfide) groups is 1. The van der Waals surface area contributed by atoms with Crippen molar-refractivity contribution in [1.29, 1.82) is 0 Å². The molecule has 0 fully saturated rings. The van der Waals surface area contributed by atoms with Crippen LogP contribution in [-0.2, 0) is 10.0 Å². The molecule has 0 aliphatic rings. The van der Waals surface area contributed by atoms with Gasteiger partial charge in [-0.05, 0) is 36.8 Å². The van der Waals surface area contributed by atoms with Gasteiger partial charge in [0.2, 0.25) is 10.0 Å². The van der Waals surface area contributed by atoms with E-state index in [1.165, 1.54) is 12.1 Å². The number of sulfonamides is 1. The highest BCUT2D eigenvalue weighted by Crippen LogP contribution is 2.16. The monoisotopic (exact) mass is 307 g/mol. The molecule has 1 aromatic carbocycles. The van der Waals surface area contributed by atoms with E-state index in [9.17, 15) is 12.8 Å². The van der Waals surface area contributed by atoms with Gasteiger partial charge in [-0.15, -0.1) is 0 Å². The van der Waals surface area contributed by atoms with Crippen LogP contribution >= 0.6 is 11.8 Å². The zero-order valence-corrected chi connectivity index (χ0v) is 12.4. The van der Waals surface area contributed by atoms with E-state index in [1.807, 2.05) is 0 Å². The first-order chi connectivity index (χ1) is 8.97. The second-order valence-electron chi connectivity index (χ2n) is 4.00. The Hall–Kier alpha value is -0.630. The zero-order valence-electron chi connectivity index (χ0n) is 10.7. The summed E-state index contributed by atoms with van der Waals surface area (Å²) in [5.74, 6) is 0.841. The van der Waals surface area contributed by atoms with E-state index in [1.54, 1.807) is 18.7 Å². The normalized spacial score (nSPS) is 11.7. The van der Waals surface area contributed by atoms with Crippen LogP contribution in [0, 0.1) is 12.7 Å². The number of benzene rings is 1. The van der Waals surface area contributed by atoms with Crippen molar-refractivity contribution in [1.82, 2.24) is 4.72 Å². The fraction of sp³-hybridized carbons (Fsp3) is 0.500. The molecule has 2 N–H and O–H groups in total. The Morgan fingerprint density at radius 1 is 1.37 bits per heavy atom. The molecule has 0 unspecified atom stereocenters. The van der Waals surface area contributed by atoms with Crippen molar-refractivity contribution in [3.8, 4) is 0 Å². The summed E-state index contributed by atoms with van der Waals surface area (Å²) in [6.07, 6.45) is 0.695. The molecule has 0 atom stereocenters. The topological polar surface area (TPSA) is 66.4 Å². The smallest absolute Gasteiger partial charge is 0.240 e. The van der Waals surface area contributed by atoms with Crippen LogP contribution < -0.4 is 4.72 Å². The van der Waals surface area contributed by atoms with Gasteiger partial charge in [0, 0.05) is 18.9 Å². The average molecular weight is 307 g/mol. The Kier molecular flexibility index (Phi) is 6.78. The predicted molar refractivity (Wildman–Crippen MR) is 75.4 cm³/mol. The van der Waals surface area contributed by atoms with Crippen LogP contribution in [0.2, 0.25) is 0 Å². The van der Waals surface area contributed by atoms with Crippen molar-refractivity contribution in [3.05, 3.63) is 29.6 Å². The molecule has 0 heterocycles. The molecule has 0 radical (unpaired) electrons. The molecular weight excluding hydrogens is 289 g/mol. The van der Waals surface area contributed by atoms with Crippen LogP contribution in [0.5, 0.6) is 0 Å². The lowest BCUT2D eigenvalue weighted by molar-refractivity contribution is 0.296. The summed E-state index contributed by atoms with van der Waals surface area (Å²) in [5, 5.41) is 8.60. The highest BCUT2D eigenvalue weighted by atomic mass is 32.2. The van der Waals surface area contributed by atoms with Gasteiger partial charge in [-0.1, -0.05) is 6.07 Å². The lowest BCUT2D eigenvalue weighted by atomic mass is 10.2. The molecule has 0 aromatic heterocycles. The number of aryl methyl sites for hydroxylation is 1. The lowest BCUT2D eigenvalue weighted by Gasteiger charge is -2.09. The van der Waals surface area contributed by atoms with Gasteiger partial charge in [-0.3, -0.25) is 0 Å². The zero-order chi connectivity index (χ0) is 14.3. The van der Waals surface area contributed by atoms with Gasteiger partial charge >= 0.3 is 0 Å². The molecule has 0 amide bonds. The van der Waals surface area contributed by atoms with Crippen LogP contribution in [0.15, 0.2) is 23.1 Å². The van der Waals surface area contributed by atoms with Crippen LogP contribution in [0.1, 0.15) is 12.0 Å². The fourth-order valence-electron chi connectivity index (χ4n) is 1.46. The summed E-state index contributed by atoms with van der Waals surface area (Å²) in [6, 6.07) is 3.70. The quantitative estimate of drug-likeness (QED) is 0.715. The minimum Gasteiger partial charge on any atom is -0.396 e. The summed E-state index contributed by atoms with van der Waals surface area (Å²) in [5.41, 5.74) is 0.516. The van der Waals surface area contributed by atoms with Gasteiger partial charge in [0.05, 0.1) is 4.90 Å². The van der Waals surface area contributed by atoms with Crippen molar-refractivity contribution < 1.29 is 17.9 Å². The SMILES string of the molecule is Cc1ccc(F)cc1S(=O)(=O)NCCSCCCO. The van der Waals surface area contributed by atoms with Gasteiger partial charge in [0.15, 0.2) is 0 Å². The second kappa shape index (κ2) is 7.84. The highest BCUT2D eigenvalue weighted by molar-refractivity contribution is 7.99. The summed E-state index contributed by atoms with van der Waals surface area (Å²) >= 11 is 1.56. The predicted octanol–water partition coefficient (Wildman–Crippen LogP) is 1.53. The lowest BCUT2D eigenvalue weighted by Crippen LogP contribution is -2.26. The standard InChI is InChI=1S/C12H18FNO3S2/c1-10-3-4-11(13)9-12(10)19(16,17)14-5-8-18-7-2-6-15/h3-4,9,14-15H,2,5-8H2,1H3. The highest BCUT2D eigenvalue weighted by Gasteiger charge is 2.16. The van der Waals surface area contributed by atoms with Crippen molar-refractivity contribution in [2.75, 3.05) is 24.7 Å². The number of hydrogen-bond acceptors (Lipinski definition) is 4. The van der Waals surface area contributed by atoms with Crippen molar-refractivity contribution in [3.63, 3.8) is 0 Å². The first-order valence-corrected chi connectivity index (χ1v) is 8.55. The van der Waals surface area contributed by atoms with Gasteiger partial charge in [0.25, 0.3) is 0 Å². The summed E-state index contributed by atoms with van der Waals surface area (Å²) < 4.78 is 39.5. The summed E-state index contributed by atoms with van der Waals surface area (Å²) in [6.45, 7) is 2.06. The summed E-state index contributed by atoms with van der Waals surface area (Å²) in [7, 11) is -3.66. The van der Waals surface area contributed by atoms with Crippen LogP contribution in [0.4, 0.5) is 4.39 Å². The average Bonchev–Trinajstić information content (AvgIpc) is 2.36. The first kappa shape index (κ1) is 16.4. The first-order valence-electron chi connectivity index (χ1n) is 5.92. The van der Waals surface area contributed by atoms with Crippen LogP contribution in [0.25, 0.3) is 0 Å². The maximum Gasteiger partial charge on any atom is 0.240 e. The fourth-order valence-corrected chi connectivity index (χ4v) is 3.66. The Labute approximate surface area is 117 Å². The molecule has 0 saturated heterocycles. The largest absolute Gasteiger partial charge is 0.396 e. The second-order valence-corrected chi connectivity index (χ2v) is 6.96. The van der Waals surface area contributed by atoms with E-state index in [-0.39, 0.29) is 18.0 Å². The molecule has 7 heteroatoms. The number of nitrogens with one attached hydrogen (secondary N) is 1.